The number of amides is 2. The van der Waals surface area contributed by atoms with Gasteiger partial charge in [0.1, 0.15) is 5.75 Å². The van der Waals surface area contributed by atoms with Crippen LogP contribution in [0.5, 0.6) is 5.75 Å². The molecule has 4 atom stereocenters. The number of benzene rings is 1. The number of fused-ring (bicyclic) bond motifs is 5. The normalized spacial score (nSPS) is 34.8. The maximum absolute atomic E-state index is 12.6. The Kier molecular flexibility index (Phi) is 2.43. The number of imide groups is 1. The van der Waals surface area contributed by atoms with Gasteiger partial charge in [-0.1, -0.05) is 0 Å². The lowest BCUT2D eigenvalue weighted by atomic mass is 9.81. The van der Waals surface area contributed by atoms with Gasteiger partial charge in [-0.25, -0.2) is 0 Å². The van der Waals surface area contributed by atoms with E-state index in [4.69, 9.17) is 4.74 Å². The summed E-state index contributed by atoms with van der Waals surface area (Å²) in [6.45, 7) is 0. The first-order valence-electron chi connectivity index (χ1n) is 7.22. The molecule has 1 heterocycles. The predicted octanol–water partition coefficient (Wildman–Crippen LogP) is 2.23. The maximum atomic E-state index is 12.6. The Labute approximate surface area is 117 Å². The van der Waals surface area contributed by atoms with Gasteiger partial charge in [0.05, 0.1) is 24.6 Å². The fourth-order valence-corrected chi connectivity index (χ4v) is 4.39. The Morgan fingerprint density at radius 2 is 1.55 bits per heavy atom. The topological polar surface area (TPSA) is 46.6 Å². The minimum absolute atomic E-state index is 0.0115. The molecular formula is C16H17NO3. The Balaban J connectivity index is 1.69. The van der Waals surface area contributed by atoms with Crippen molar-refractivity contribution in [3.8, 4) is 5.75 Å². The van der Waals surface area contributed by atoms with Crippen LogP contribution in [0.25, 0.3) is 0 Å². The molecule has 0 unspecified atom stereocenters. The quantitative estimate of drug-likeness (QED) is 0.775. The molecule has 2 amide bonds. The fourth-order valence-electron chi connectivity index (χ4n) is 4.39. The molecule has 4 rings (SSSR count). The summed E-state index contributed by atoms with van der Waals surface area (Å²) in [7, 11) is 1.60. The second kappa shape index (κ2) is 4.08. The zero-order valence-electron chi connectivity index (χ0n) is 11.4. The average molecular weight is 271 g/mol. The first kappa shape index (κ1) is 11.9. The molecule has 20 heavy (non-hydrogen) atoms. The molecule has 2 saturated carbocycles. The largest absolute Gasteiger partial charge is 0.497 e. The molecule has 104 valence electrons. The van der Waals surface area contributed by atoms with Crippen molar-refractivity contribution < 1.29 is 14.3 Å². The molecule has 3 aliphatic rings. The van der Waals surface area contributed by atoms with Crippen molar-refractivity contribution in [2.75, 3.05) is 12.0 Å². The van der Waals surface area contributed by atoms with Gasteiger partial charge < -0.3 is 4.74 Å². The van der Waals surface area contributed by atoms with Crippen molar-refractivity contribution in [3.63, 3.8) is 0 Å². The van der Waals surface area contributed by atoms with E-state index in [1.165, 1.54) is 4.90 Å². The van der Waals surface area contributed by atoms with Crippen molar-refractivity contribution in [2.24, 2.45) is 23.7 Å². The molecule has 1 aliphatic heterocycles. The molecule has 3 fully saturated rings. The highest BCUT2D eigenvalue weighted by molar-refractivity contribution is 6.22. The van der Waals surface area contributed by atoms with Crippen LogP contribution in [0.3, 0.4) is 0 Å². The second-order valence-electron chi connectivity index (χ2n) is 6.09. The van der Waals surface area contributed by atoms with Crippen LogP contribution in [0.4, 0.5) is 5.69 Å². The van der Waals surface area contributed by atoms with E-state index in [1.807, 2.05) is 0 Å². The number of rotatable bonds is 2. The summed E-state index contributed by atoms with van der Waals surface area (Å²) >= 11 is 0. The van der Waals surface area contributed by atoms with Crippen molar-refractivity contribution >= 4 is 17.5 Å². The monoisotopic (exact) mass is 271 g/mol. The third kappa shape index (κ3) is 1.42. The lowest BCUT2D eigenvalue weighted by Gasteiger charge is -2.19. The Morgan fingerprint density at radius 3 is 2.05 bits per heavy atom. The Morgan fingerprint density at radius 1 is 1.00 bits per heavy atom. The second-order valence-corrected chi connectivity index (χ2v) is 6.09. The van der Waals surface area contributed by atoms with Crippen LogP contribution < -0.4 is 9.64 Å². The van der Waals surface area contributed by atoms with Gasteiger partial charge in [0.25, 0.3) is 0 Å². The molecule has 0 aromatic heterocycles. The van der Waals surface area contributed by atoms with Gasteiger partial charge in [-0.15, -0.1) is 0 Å². The molecule has 0 radical (unpaired) electrons. The number of ether oxygens (including phenoxy) is 1. The minimum atomic E-state index is -0.0525. The number of nitrogens with zero attached hydrogens (tertiary/aromatic N) is 1. The fraction of sp³-hybridized carbons (Fsp3) is 0.500. The summed E-state index contributed by atoms with van der Waals surface area (Å²) in [6, 6.07) is 7.16. The zero-order chi connectivity index (χ0) is 13.9. The molecule has 1 saturated heterocycles. The number of hydrogen-bond acceptors (Lipinski definition) is 3. The highest BCUT2D eigenvalue weighted by atomic mass is 16.5. The summed E-state index contributed by atoms with van der Waals surface area (Å²) < 4.78 is 5.12. The molecule has 1 aromatic carbocycles. The molecule has 4 nitrogen and oxygen atoms in total. The SMILES string of the molecule is COc1ccc(N2C(=O)[C@@H]3[C@H]4CC[C@@H](C4)[C@H]3C2=O)cc1. The average Bonchev–Trinajstić information content (AvgIpc) is 3.14. The highest BCUT2D eigenvalue weighted by Crippen LogP contribution is 2.56. The van der Waals surface area contributed by atoms with Crippen molar-refractivity contribution in [1.29, 1.82) is 0 Å². The van der Waals surface area contributed by atoms with Gasteiger partial charge >= 0.3 is 0 Å². The lowest BCUT2D eigenvalue weighted by Crippen LogP contribution is -2.32. The summed E-state index contributed by atoms with van der Waals surface area (Å²) in [4.78, 5) is 26.6. The molecule has 0 N–H and O–H groups in total. The number of anilines is 1. The van der Waals surface area contributed by atoms with E-state index < -0.39 is 0 Å². The number of carbonyl (C=O) groups excluding carboxylic acids is 2. The first-order chi connectivity index (χ1) is 9.70. The molecule has 2 bridgehead atoms. The van der Waals surface area contributed by atoms with E-state index in [0.717, 1.165) is 25.0 Å². The van der Waals surface area contributed by atoms with Crippen LogP contribution in [0.1, 0.15) is 19.3 Å². The van der Waals surface area contributed by atoms with Gasteiger partial charge in [0.15, 0.2) is 0 Å². The van der Waals surface area contributed by atoms with E-state index in [1.54, 1.807) is 31.4 Å². The highest BCUT2D eigenvalue weighted by Gasteiger charge is 2.61. The zero-order valence-corrected chi connectivity index (χ0v) is 11.4. The van der Waals surface area contributed by atoms with Crippen LogP contribution in [0, 0.1) is 23.7 Å². The standard InChI is InChI=1S/C16H17NO3/c1-20-12-6-4-11(5-7-12)17-15(18)13-9-2-3-10(8-9)14(13)16(17)19/h4-7,9-10,13-14H,2-3,8H2,1H3/t9-,10-,13+,14+/m0/s1. The summed E-state index contributed by atoms with van der Waals surface area (Å²) in [5.74, 6) is 1.52. The number of carbonyl (C=O) groups is 2. The maximum Gasteiger partial charge on any atom is 0.237 e. The molecule has 4 heteroatoms. The van der Waals surface area contributed by atoms with E-state index in [9.17, 15) is 9.59 Å². The van der Waals surface area contributed by atoms with Gasteiger partial charge in [-0.3, -0.25) is 14.5 Å². The van der Waals surface area contributed by atoms with Crippen LogP contribution in [-0.4, -0.2) is 18.9 Å². The summed E-state index contributed by atoms with van der Waals surface area (Å²) in [5, 5.41) is 0. The third-order valence-electron chi connectivity index (χ3n) is 5.26. The lowest BCUT2D eigenvalue weighted by molar-refractivity contribution is -0.123. The smallest absolute Gasteiger partial charge is 0.237 e. The van der Waals surface area contributed by atoms with Crippen molar-refractivity contribution in [2.45, 2.75) is 19.3 Å². The Hall–Kier alpha value is -1.84. The van der Waals surface area contributed by atoms with E-state index in [0.29, 0.717) is 17.5 Å². The summed E-state index contributed by atoms with van der Waals surface area (Å²) in [5.41, 5.74) is 0.676. The van der Waals surface area contributed by atoms with Crippen LogP contribution in [0.2, 0.25) is 0 Å². The summed E-state index contributed by atoms with van der Waals surface area (Å²) in [6.07, 6.45) is 3.30. The van der Waals surface area contributed by atoms with E-state index in [-0.39, 0.29) is 23.7 Å². The molecule has 0 spiro atoms. The van der Waals surface area contributed by atoms with Crippen LogP contribution in [-0.2, 0) is 9.59 Å². The molecular weight excluding hydrogens is 254 g/mol. The van der Waals surface area contributed by atoms with Crippen LogP contribution >= 0.6 is 0 Å². The Bertz CT molecular complexity index is 552. The molecule has 1 aromatic rings. The van der Waals surface area contributed by atoms with Crippen molar-refractivity contribution in [1.82, 2.24) is 0 Å². The number of hydrogen-bond donors (Lipinski definition) is 0. The third-order valence-corrected chi connectivity index (χ3v) is 5.26. The van der Waals surface area contributed by atoms with Gasteiger partial charge in [0.2, 0.25) is 11.8 Å². The first-order valence-corrected chi connectivity index (χ1v) is 7.22. The molecule has 2 aliphatic carbocycles. The minimum Gasteiger partial charge on any atom is -0.497 e. The van der Waals surface area contributed by atoms with Gasteiger partial charge in [0, 0.05) is 0 Å². The van der Waals surface area contributed by atoms with Gasteiger partial charge in [-0.05, 0) is 55.4 Å². The number of methoxy groups -OCH3 is 1. The van der Waals surface area contributed by atoms with Crippen molar-refractivity contribution in [3.05, 3.63) is 24.3 Å². The van der Waals surface area contributed by atoms with Crippen LogP contribution in [0.15, 0.2) is 24.3 Å². The van der Waals surface area contributed by atoms with Gasteiger partial charge in [-0.2, -0.15) is 0 Å². The van der Waals surface area contributed by atoms with E-state index >= 15 is 0 Å². The predicted molar refractivity (Wildman–Crippen MR) is 73.3 cm³/mol. The van der Waals surface area contributed by atoms with E-state index in [2.05, 4.69) is 0 Å².